The summed E-state index contributed by atoms with van der Waals surface area (Å²) in [6.45, 7) is 1.69. The summed E-state index contributed by atoms with van der Waals surface area (Å²) in [5.74, 6) is 0.415. The second kappa shape index (κ2) is 6.73. The van der Waals surface area contributed by atoms with Gasteiger partial charge in [0.1, 0.15) is 0 Å². The summed E-state index contributed by atoms with van der Waals surface area (Å²) in [6, 6.07) is 5.25. The maximum atomic E-state index is 12.5. The molecule has 5 heteroatoms. The van der Waals surface area contributed by atoms with Crippen molar-refractivity contribution >= 4 is 33.4 Å². The van der Waals surface area contributed by atoms with Gasteiger partial charge in [-0.25, -0.2) is 0 Å². The molecule has 1 amide bonds. The average molecular weight is 347 g/mol. The predicted octanol–water partition coefficient (Wildman–Crippen LogP) is 3.34. The smallest absolute Gasteiger partial charge is 0.255 e. The molecule has 1 unspecified atom stereocenters. The van der Waals surface area contributed by atoms with Crippen molar-refractivity contribution in [2.24, 2.45) is 5.92 Å². The quantitative estimate of drug-likeness (QED) is 0.912. The van der Waals surface area contributed by atoms with Gasteiger partial charge in [0.25, 0.3) is 5.91 Å². The number of halogens is 2. The Morgan fingerprint density at radius 2 is 2.32 bits per heavy atom. The Morgan fingerprint density at radius 3 is 3.05 bits per heavy atom. The van der Waals surface area contributed by atoms with Crippen molar-refractivity contribution in [2.45, 2.75) is 19.3 Å². The minimum absolute atomic E-state index is 0.0111. The topological polar surface area (TPSA) is 40.5 Å². The zero-order valence-corrected chi connectivity index (χ0v) is 13.0. The van der Waals surface area contributed by atoms with E-state index in [1.54, 1.807) is 18.2 Å². The lowest BCUT2D eigenvalue weighted by Gasteiger charge is -2.32. The molecule has 104 valence electrons. The van der Waals surface area contributed by atoms with Crippen molar-refractivity contribution in [3.63, 3.8) is 0 Å². The zero-order valence-electron chi connectivity index (χ0n) is 10.6. The van der Waals surface area contributed by atoms with E-state index < -0.39 is 0 Å². The van der Waals surface area contributed by atoms with Gasteiger partial charge in [0.2, 0.25) is 0 Å². The normalized spacial score (nSPS) is 19.5. The van der Waals surface area contributed by atoms with Crippen molar-refractivity contribution in [3.8, 4) is 0 Å². The molecule has 1 atom stereocenters. The fraction of sp³-hybridized carbons (Fsp3) is 0.500. The van der Waals surface area contributed by atoms with Crippen LogP contribution in [0.2, 0.25) is 5.02 Å². The summed E-state index contributed by atoms with van der Waals surface area (Å²) in [5.41, 5.74) is 0.608. The van der Waals surface area contributed by atoms with E-state index in [1.165, 1.54) is 0 Å². The lowest BCUT2D eigenvalue weighted by Crippen LogP contribution is -2.40. The maximum absolute atomic E-state index is 12.5. The largest absolute Gasteiger partial charge is 0.396 e. The number of nitrogens with zero attached hydrogens (tertiary/aromatic N) is 1. The molecule has 1 heterocycles. The molecule has 3 nitrogen and oxygen atoms in total. The molecular weight excluding hydrogens is 330 g/mol. The lowest BCUT2D eigenvalue weighted by molar-refractivity contribution is 0.0652. The van der Waals surface area contributed by atoms with E-state index >= 15 is 0 Å². The molecule has 1 aromatic carbocycles. The molecule has 0 aliphatic carbocycles. The van der Waals surface area contributed by atoms with Crippen LogP contribution >= 0.6 is 27.5 Å². The van der Waals surface area contributed by atoms with Gasteiger partial charge in [0.05, 0.1) is 5.56 Å². The number of hydrogen-bond donors (Lipinski definition) is 1. The summed E-state index contributed by atoms with van der Waals surface area (Å²) in [4.78, 5) is 14.4. The Bertz CT molecular complexity index is 465. The molecule has 0 bridgehead atoms. The standard InChI is InChI=1S/C14H17BrClNO2/c15-13-4-3-11(16)8-12(13)14(19)17-6-1-2-10(9-17)5-7-18/h3-4,8,10,18H,1-2,5-7,9H2. The van der Waals surface area contributed by atoms with Crippen LogP contribution in [-0.4, -0.2) is 35.6 Å². The summed E-state index contributed by atoms with van der Waals surface area (Å²) in [7, 11) is 0. The second-order valence-electron chi connectivity index (χ2n) is 4.90. The molecule has 1 saturated heterocycles. The van der Waals surface area contributed by atoms with Gasteiger partial charge in [0, 0.05) is 29.2 Å². The van der Waals surface area contributed by atoms with E-state index in [4.69, 9.17) is 16.7 Å². The van der Waals surface area contributed by atoms with Crippen molar-refractivity contribution in [1.29, 1.82) is 0 Å². The fourth-order valence-corrected chi connectivity index (χ4v) is 3.09. The van der Waals surface area contributed by atoms with Crippen molar-refractivity contribution < 1.29 is 9.90 Å². The van der Waals surface area contributed by atoms with Gasteiger partial charge >= 0.3 is 0 Å². The number of hydrogen-bond acceptors (Lipinski definition) is 2. The van der Waals surface area contributed by atoms with Crippen molar-refractivity contribution in [1.82, 2.24) is 4.90 Å². The Kier molecular flexibility index (Phi) is 5.25. The third-order valence-corrected chi connectivity index (χ3v) is 4.43. The SMILES string of the molecule is O=C(c1cc(Cl)ccc1Br)N1CCCC(CCO)C1. The first-order valence-electron chi connectivity index (χ1n) is 6.47. The summed E-state index contributed by atoms with van der Waals surface area (Å²) in [5, 5.41) is 9.58. The Balaban J connectivity index is 2.12. The fourth-order valence-electron chi connectivity index (χ4n) is 2.50. The highest BCUT2D eigenvalue weighted by Gasteiger charge is 2.25. The minimum atomic E-state index is 0.0111. The van der Waals surface area contributed by atoms with Gasteiger partial charge in [-0.05, 0) is 59.3 Å². The van der Waals surface area contributed by atoms with Crippen LogP contribution in [-0.2, 0) is 0 Å². The molecule has 19 heavy (non-hydrogen) atoms. The van der Waals surface area contributed by atoms with E-state index in [-0.39, 0.29) is 12.5 Å². The number of likely N-dealkylation sites (tertiary alicyclic amines) is 1. The summed E-state index contributed by atoms with van der Waals surface area (Å²) < 4.78 is 0.770. The Labute approximate surface area is 126 Å². The molecule has 0 spiro atoms. The van der Waals surface area contributed by atoms with Gasteiger partial charge in [0.15, 0.2) is 0 Å². The number of aliphatic hydroxyl groups is 1. The summed E-state index contributed by atoms with van der Waals surface area (Å²) in [6.07, 6.45) is 2.84. The maximum Gasteiger partial charge on any atom is 0.255 e. The Morgan fingerprint density at radius 1 is 1.53 bits per heavy atom. The number of carbonyl (C=O) groups excluding carboxylic acids is 1. The predicted molar refractivity (Wildman–Crippen MR) is 79.5 cm³/mol. The van der Waals surface area contributed by atoms with Crippen molar-refractivity contribution in [3.05, 3.63) is 33.3 Å². The molecule has 1 fully saturated rings. The molecule has 1 aliphatic heterocycles. The van der Waals surface area contributed by atoms with Crippen LogP contribution in [0.15, 0.2) is 22.7 Å². The van der Waals surface area contributed by atoms with Crippen molar-refractivity contribution in [2.75, 3.05) is 19.7 Å². The van der Waals surface area contributed by atoms with Gasteiger partial charge < -0.3 is 10.0 Å². The van der Waals surface area contributed by atoms with Crippen LogP contribution in [0.3, 0.4) is 0 Å². The molecule has 0 aromatic heterocycles. The van der Waals surface area contributed by atoms with E-state index in [2.05, 4.69) is 15.9 Å². The first kappa shape index (κ1) is 14.8. The number of amides is 1. The van der Waals surface area contributed by atoms with Crippen LogP contribution in [0, 0.1) is 5.92 Å². The van der Waals surface area contributed by atoms with Gasteiger partial charge in [-0.3, -0.25) is 4.79 Å². The zero-order chi connectivity index (χ0) is 13.8. The first-order valence-corrected chi connectivity index (χ1v) is 7.64. The van der Waals surface area contributed by atoms with Crippen LogP contribution in [0.25, 0.3) is 0 Å². The third-order valence-electron chi connectivity index (χ3n) is 3.50. The Hall–Kier alpha value is -0.580. The number of piperidine rings is 1. The van der Waals surface area contributed by atoms with Gasteiger partial charge in [-0.2, -0.15) is 0 Å². The van der Waals surface area contributed by atoms with Gasteiger partial charge in [-0.1, -0.05) is 11.6 Å². The minimum Gasteiger partial charge on any atom is -0.396 e. The molecule has 1 N–H and O–H groups in total. The number of rotatable bonds is 3. The summed E-state index contributed by atoms with van der Waals surface area (Å²) >= 11 is 9.35. The third kappa shape index (κ3) is 3.71. The highest BCUT2D eigenvalue weighted by Crippen LogP contribution is 2.26. The molecule has 2 rings (SSSR count). The van der Waals surface area contributed by atoms with E-state index in [0.717, 1.165) is 36.8 Å². The molecular formula is C14H17BrClNO2. The molecule has 0 saturated carbocycles. The number of benzene rings is 1. The lowest BCUT2D eigenvalue weighted by atomic mass is 9.94. The molecule has 1 aromatic rings. The van der Waals surface area contributed by atoms with E-state index in [1.807, 2.05) is 4.90 Å². The monoisotopic (exact) mass is 345 g/mol. The molecule has 1 aliphatic rings. The second-order valence-corrected chi connectivity index (χ2v) is 6.19. The van der Waals surface area contributed by atoms with Crippen LogP contribution in [0.4, 0.5) is 0 Å². The van der Waals surface area contributed by atoms with Crippen LogP contribution in [0.5, 0.6) is 0 Å². The van der Waals surface area contributed by atoms with E-state index in [9.17, 15) is 4.79 Å². The number of aliphatic hydroxyl groups excluding tert-OH is 1. The highest BCUT2D eigenvalue weighted by atomic mass is 79.9. The van der Waals surface area contributed by atoms with Crippen LogP contribution < -0.4 is 0 Å². The van der Waals surface area contributed by atoms with E-state index in [0.29, 0.717) is 16.5 Å². The number of carbonyl (C=O) groups is 1. The van der Waals surface area contributed by atoms with Gasteiger partial charge in [-0.15, -0.1) is 0 Å². The molecule has 0 radical (unpaired) electrons. The average Bonchev–Trinajstić information content (AvgIpc) is 2.41. The first-order chi connectivity index (χ1) is 9.11. The highest BCUT2D eigenvalue weighted by molar-refractivity contribution is 9.10. The van der Waals surface area contributed by atoms with Crippen LogP contribution in [0.1, 0.15) is 29.6 Å².